The van der Waals surface area contributed by atoms with Gasteiger partial charge in [0.15, 0.2) is 6.61 Å². The first kappa shape index (κ1) is 17.7. The van der Waals surface area contributed by atoms with Gasteiger partial charge in [0.25, 0.3) is 5.91 Å². The summed E-state index contributed by atoms with van der Waals surface area (Å²) in [6.07, 6.45) is 2.80. The van der Waals surface area contributed by atoms with Gasteiger partial charge in [-0.1, -0.05) is 6.92 Å². The summed E-state index contributed by atoms with van der Waals surface area (Å²) in [7, 11) is 0. The first-order valence-electron chi connectivity index (χ1n) is 8.98. The van der Waals surface area contributed by atoms with Crippen LogP contribution in [0.2, 0.25) is 0 Å². The molecule has 1 aliphatic carbocycles. The number of nitrogens with zero attached hydrogens (tertiary/aromatic N) is 2. The maximum absolute atomic E-state index is 12.6. The molecule has 0 bridgehead atoms. The van der Waals surface area contributed by atoms with E-state index in [1.165, 1.54) is 0 Å². The Bertz CT molecular complexity index is 645. The van der Waals surface area contributed by atoms with E-state index in [0.29, 0.717) is 25.4 Å². The number of pyridine rings is 1. The normalized spacial score (nSPS) is 20.2. The summed E-state index contributed by atoms with van der Waals surface area (Å²) in [5.41, 5.74) is 1.77. The number of carbonyl (C=O) groups is 2. The quantitative estimate of drug-likeness (QED) is 0.780. The standard InChI is InChI=1S/C18H26N4O3/c1-3-14-16(7-4-12(2)20-14)25-11-17(23)22-9-8-19-10-15(22)18(24)21-13-5-6-13/h4,7,13,15,19H,3,5-6,8-11H2,1-2H3,(H,21,24)/t15-/m0/s1. The van der Waals surface area contributed by atoms with Crippen molar-refractivity contribution in [3.05, 3.63) is 23.5 Å². The van der Waals surface area contributed by atoms with Crippen LogP contribution in [0.3, 0.4) is 0 Å². The van der Waals surface area contributed by atoms with Gasteiger partial charge in [0.2, 0.25) is 5.91 Å². The van der Waals surface area contributed by atoms with E-state index < -0.39 is 6.04 Å². The highest BCUT2D eigenvalue weighted by Gasteiger charge is 2.35. The highest BCUT2D eigenvalue weighted by molar-refractivity contribution is 5.89. The molecule has 2 fully saturated rings. The second kappa shape index (κ2) is 7.82. The van der Waals surface area contributed by atoms with Crippen LogP contribution in [0.15, 0.2) is 12.1 Å². The number of aromatic nitrogens is 1. The lowest BCUT2D eigenvalue weighted by molar-refractivity contribution is -0.143. The molecule has 7 heteroatoms. The molecular formula is C18H26N4O3. The summed E-state index contributed by atoms with van der Waals surface area (Å²) in [5, 5.41) is 6.17. The minimum absolute atomic E-state index is 0.0747. The number of ether oxygens (including phenoxy) is 1. The van der Waals surface area contributed by atoms with Gasteiger partial charge < -0.3 is 20.3 Å². The van der Waals surface area contributed by atoms with Gasteiger partial charge in [0.05, 0.1) is 5.69 Å². The maximum Gasteiger partial charge on any atom is 0.261 e. The molecule has 25 heavy (non-hydrogen) atoms. The third kappa shape index (κ3) is 4.48. The molecule has 1 aromatic heterocycles. The average Bonchev–Trinajstić information content (AvgIpc) is 3.44. The largest absolute Gasteiger partial charge is 0.482 e. The van der Waals surface area contributed by atoms with Gasteiger partial charge >= 0.3 is 0 Å². The second-order valence-electron chi connectivity index (χ2n) is 6.63. The van der Waals surface area contributed by atoms with Crippen LogP contribution in [0.5, 0.6) is 5.75 Å². The SMILES string of the molecule is CCc1nc(C)ccc1OCC(=O)N1CCNC[C@H]1C(=O)NC1CC1. The van der Waals surface area contributed by atoms with Gasteiger partial charge in [-0.15, -0.1) is 0 Å². The van der Waals surface area contributed by atoms with E-state index in [0.717, 1.165) is 30.7 Å². The van der Waals surface area contributed by atoms with Crippen LogP contribution >= 0.6 is 0 Å². The topological polar surface area (TPSA) is 83.6 Å². The Morgan fingerprint density at radius 3 is 2.92 bits per heavy atom. The summed E-state index contributed by atoms with van der Waals surface area (Å²) in [5.74, 6) is 0.393. The van der Waals surface area contributed by atoms with Crippen LogP contribution < -0.4 is 15.4 Å². The molecule has 2 aliphatic rings. The van der Waals surface area contributed by atoms with Gasteiger partial charge in [0, 0.05) is 31.4 Å². The highest BCUT2D eigenvalue weighted by Crippen LogP contribution is 2.20. The molecule has 0 radical (unpaired) electrons. The predicted octanol–water partition coefficient (Wildman–Crippen LogP) is 0.410. The highest BCUT2D eigenvalue weighted by atomic mass is 16.5. The Balaban J connectivity index is 1.61. The smallest absolute Gasteiger partial charge is 0.261 e. The molecule has 2 amide bonds. The molecule has 3 rings (SSSR count). The number of carbonyl (C=O) groups excluding carboxylic acids is 2. The van der Waals surface area contributed by atoms with E-state index in [2.05, 4.69) is 15.6 Å². The van der Waals surface area contributed by atoms with Gasteiger partial charge in [-0.3, -0.25) is 14.6 Å². The van der Waals surface area contributed by atoms with Crippen molar-refractivity contribution in [3.8, 4) is 5.75 Å². The first-order valence-corrected chi connectivity index (χ1v) is 8.98. The van der Waals surface area contributed by atoms with E-state index in [1.807, 2.05) is 26.0 Å². The van der Waals surface area contributed by atoms with E-state index >= 15 is 0 Å². The lowest BCUT2D eigenvalue weighted by Gasteiger charge is -2.35. The van der Waals surface area contributed by atoms with Gasteiger partial charge in [-0.2, -0.15) is 0 Å². The van der Waals surface area contributed by atoms with E-state index in [1.54, 1.807) is 4.90 Å². The zero-order valence-electron chi connectivity index (χ0n) is 14.9. The number of hydrogen-bond donors (Lipinski definition) is 2. The van der Waals surface area contributed by atoms with Gasteiger partial charge in [-0.25, -0.2) is 0 Å². The van der Waals surface area contributed by atoms with Gasteiger partial charge in [-0.05, 0) is 38.3 Å². The lowest BCUT2D eigenvalue weighted by Crippen LogP contribution is -2.60. The first-order chi connectivity index (χ1) is 12.1. The second-order valence-corrected chi connectivity index (χ2v) is 6.63. The van der Waals surface area contributed by atoms with Crippen molar-refractivity contribution < 1.29 is 14.3 Å². The van der Waals surface area contributed by atoms with Gasteiger partial charge in [0.1, 0.15) is 11.8 Å². The molecule has 7 nitrogen and oxygen atoms in total. The monoisotopic (exact) mass is 346 g/mol. The number of amides is 2. The summed E-state index contributed by atoms with van der Waals surface area (Å²) in [6.45, 7) is 5.54. The Hall–Kier alpha value is -2.15. The summed E-state index contributed by atoms with van der Waals surface area (Å²) in [4.78, 5) is 31.1. The van der Waals surface area contributed by atoms with Crippen LogP contribution in [0.4, 0.5) is 0 Å². The van der Waals surface area contributed by atoms with Crippen LogP contribution in [-0.4, -0.2) is 60.0 Å². The van der Waals surface area contributed by atoms with Crippen molar-refractivity contribution in [3.63, 3.8) is 0 Å². The van der Waals surface area contributed by atoms with Crippen molar-refractivity contribution in [2.45, 2.75) is 45.2 Å². The molecule has 136 valence electrons. The number of aryl methyl sites for hydroxylation is 2. The maximum atomic E-state index is 12.6. The average molecular weight is 346 g/mol. The summed E-state index contributed by atoms with van der Waals surface area (Å²) in [6, 6.07) is 3.54. The zero-order valence-corrected chi connectivity index (χ0v) is 14.9. The minimum atomic E-state index is -0.466. The molecule has 0 unspecified atom stereocenters. The van der Waals surface area contributed by atoms with Crippen molar-refractivity contribution in [2.75, 3.05) is 26.2 Å². The zero-order chi connectivity index (χ0) is 17.8. The Kier molecular flexibility index (Phi) is 5.53. The van der Waals surface area contributed by atoms with Crippen LogP contribution in [0.25, 0.3) is 0 Å². The number of nitrogens with one attached hydrogen (secondary N) is 2. The van der Waals surface area contributed by atoms with Crippen molar-refractivity contribution >= 4 is 11.8 Å². The van der Waals surface area contributed by atoms with Crippen LogP contribution in [0, 0.1) is 6.92 Å². The molecule has 0 spiro atoms. The molecular weight excluding hydrogens is 320 g/mol. The van der Waals surface area contributed by atoms with E-state index in [9.17, 15) is 9.59 Å². The van der Waals surface area contributed by atoms with Crippen LogP contribution in [-0.2, 0) is 16.0 Å². The van der Waals surface area contributed by atoms with E-state index in [4.69, 9.17) is 4.74 Å². The predicted molar refractivity (Wildman–Crippen MR) is 93.4 cm³/mol. The summed E-state index contributed by atoms with van der Waals surface area (Å²) >= 11 is 0. The van der Waals surface area contributed by atoms with Crippen molar-refractivity contribution in [1.29, 1.82) is 0 Å². The molecule has 1 aliphatic heterocycles. The number of piperazine rings is 1. The fourth-order valence-corrected chi connectivity index (χ4v) is 2.97. The van der Waals surface area contributed by atoms with Crippen molar-refractivity contribution in [1.82, 2.24) is 20.5 Å². The number of rotatable bonds is 6. The lowest BCUT2D eigenvalue weighted by atomic mass is 10.1. The minimum Gasteiger partial charge on any atom is -0.482 e. The fraction of sp³-hybridized carbons (Fsp3) is 0.611. The molecule has 0 aromatic carbocycles. The molecule has 1 atom stereocenters. The summed E-state index contributed by atoms with van der Waals surface area (Å²) < 4.78 is 5.71. The van der Waals surface area contributed by atoms with E-state index in [-0.39, 0.29) is 24.5 Å². The fourth-order valence-electron chi connectivity index (χ4n) is 2.97. The van der Waals surface area contributed by atoms with Crippen LogP contribution in [0.1, 0.15) is 31.2 Å². The Morgan fingerprint density at radius 1 is 1.40 bits per heavy atom. The molecule has 2 heterocycles. The third-order valence-electron chi connectivity index (χ3n) is 4.55. The number of hydrogen-bond acceptors (Lipinski definition) is 5. The third-order valence-corrected chi connectivity index (χ3v) is 4.55. The molecule has 1 saturated carbocycles. The molecule has 1 aromatic rings. The van der Waals surface area contributed by atoms with Crippen molar-refractivity contribution in [2.24, 2.45) is 0 Å². The molecule has 1 saturated heterocycles. The Labute approximate surface area is 148 Å². The molecule has 2 N–H and O–H groups in total. The Morgan fingerprint density at radius 2 is 2.20 bits per heavy atom.